The zero-order valence-electron chi connectivity index (χ0n) is 12.8. The molecule has 0 aromatic heterocycles. The molecule has 126 valence electrons. The van der Waals surface area contributed by atoms with Crippen LogP contribution in [0.5, 0.6) is 0 Å². The van der Waals surface area contributed by atoms with Crippen LogP contribution in [0, 0.1) is 5.82 Å². The number of nitrogens with one attached hydrogen (secondary N) is 2. The molecule has 24 heavy (non-hydrogen) atoms. The van der Waals surface area contributed by atoms with E-state index in [0.717, 1.165) is 18.4 Å². The third-order valence-corrected chi connectivity index (χ3v) is 5.23. The average Bonchev–Trinajstić information content (AvgIpc) is 3.37. The maximum atomic E-state index is 12.8. The molecule has 5 nitrogen and oxygen atoms in total. The van der Waals surface area contributed by atoms with Gasteiger partial charge in [0.2, 0.25) is 10.0 Å². The molecule has 1 fully saturated rings. The number of halogens is 1. The van der Waals surface area contributed by atoms with E-state index in [-0.39, 0.29) is 29.2 Å². The molecular weight excluding hydrogens is 331 g/mol. The van der Waals surface area contributed by atoms with Crippen molar-refractivity contribution in [2.75, 3.05) is 0 Å². The molecule has 2 aromatic rings. The maximum absolute atomic E-state index is 12.8. The second kappa shape index (κ2) is 6.70. The van der Waals surface area contributed by atoms with Gasteiger partial charge in [-0.3, -0.25) is 4.79 Å². The Morgan fingerprint density at radius 2 is 1.67 bits per heavy atom. The summed E-state index contributed by atoms with van der Waals surface area (Å²) in [5, 5.41) is 2.71. The highest BCUT2D eigenvalue weighted by Crippen LogP contribution is 2.22. The number of carbonyl (C=O) groups is 1. The first-order valence-corrected chi connectivity index (χ1v) is 9.07. The fraction of sp³-hybridized carbons (Fsp3) is 0.235. The quantitative estimate of drug-likeness (QED) is 0.840. The van der Waals surface area contributed by atoms with E-state index in [4.69, 9.17) is 0 Å². The van der Waals surface area contributed by atoms with Gasteiger partial charge in [-0.2, -0.15) is 0 Å². The highest BCUT2D eigenvalue weighted by Gasteiger charge is 2.27. The van der Waals surface area contributed by atoms with Crippen molar-refractivity contribution in [2.45, 2.75) is 30.3 Å². The van der Waals surface area contributed by atoms with E-state index >= 15 is 0 Å². The van der Waals surface area contributed by atoms with Gasteiger partial charge in [-0.1, -0.05) is 12.1 Å². The third kappa shape index (κ3) is 4.18. The molecule has 0 unspecified atom stereocenters. The Morgan fingerprint density at radius 3 is 2.25 bits per heavy atom. The normalized spacial score (nSPS) is 14.4. The van der Waals surface area contributed by atoms with E-state index in [1.54, 1.807) is 12.1 Å². The van der Waals surface area contributed by atoms with Gasteiger partial charge in [-0.05, 0) is 54.8 Å². The van der Waals surface area contributed by atoms with Crippen LogP contribution in [0.15, 0.2) is 53.4 Å². The molecule has 0 bridgehead atoms. The lowest BCUT2D eigenvalue weighted by Crippen LogP contribution is -2.26. The summed E-state index contributed by atoms with van der Waals surface area (Å²) in [6.45, 7) is 0.266. The molecule has 0 heterocycles. The number of carbonyl (C=O) groups excluding carboxylic acids is 1. The predicted molar refractivity (Wildman–Crippen MR) is 87.4 cm³/mol. The number of amides is 1. The summed E-state index contributed by atoms with van der Waals surface area (Å²) in [7, 11) is -3.52. The molecule has 3 rings (SSSR count). The monoisotopic (exact) mass is 348 g/mol. The van der Waals surface area contributed by atoms with Gasteiger partial charge < -0.3 is 5.32 Å². The summed E-state index contributed by atoms with van der Waals surface area (Å²) >= 11 is 0. The topological polar surface area (TPSA) is 75.3 Å². The van der Waals surface area contributed by atoms with Crippen LogP contribution >= 0.6 is 0 Å². The van der Waals surface area contributed by atoms with Crippen LogP contribution in [0.3, 0.4) is 0 Å². The first-order valence-electron chi connectivity index (χ1n) is 7.59. The number of hydrogen-bond donors (Lipinski definition) is 2. The van der Waals surface area contributed by atoms with Gasteiger partial charge in [0.25, 0.3) is 5.91 Å². The van der Waals surface area contributed by atoms with Crippen molar-refractivity contribution < 1.29 is 17.6 Å². The zero-order valence-corrected chi connectivity index (χ0v) is 13.6. The second-order valence-electron chi connectivity index (χ2n) is 5.73. The lowest BCUT2D eigenvalue weighted by molar-refractivity contribution is 0.0951. The van der Waals surface area contributed by atoms with Crippen LogP contribution in [0.4, 0.5) is 4.39 Å². The summed E-state index contributed by atoms with van der Waals surface area (Å²) in [6, 6.07) is 11.7. The van der Waals surface area contributed by atoms with Gasteiger partial charge in [-0.25, -0.2) is 17.5 Å². The van der Waals surface area contributed by atoms with E-state index in [1.165, 1.54) is 36.4 Å². The molecule has 0 radical (unpaired) electrons. The van der Waals surface area contributed by atoms with E-state index < -0.39 is 10.0 Å². The molecule has 1 aliphatic rings. The summed E-state index contributed by atoms with van der Waals surface area (Å²) < 4.78 is 39.5. The van der Waals surface area contributed by atoms with Crippen LogP contribution in [0.25, 0.3) is 0 Å². The van der Waals surface area contributed by atoms with Gasteiger partial charge >= 0.3 is 0 Å². The summed E-state index contributed by atoms with van der Waals surface area (Å²) in [6.07, 6.45) is 1.73. The van der Waals surface area contributed by atoms with E-state index in [2.05, 4.69) is 10.0 Å². The maximum Gasteiger partial charge on any atom is 0.251 e. The average molecular weight is 348 g/mol. The smallest absolute Gasteiger partial charge is 0.251 e. The first kappa shape index (κ1) is 16.6. The van der Waals surface area contributed by atoms with E-state index in [1.807, 2.05) is 0 Å². The fourth-order valence-corrected chi connectivity index (χ4v) is 3.47. The van der Waals surface area contributed by atoms with E-state index in [0.29, 0.717) is 5.56 Å². The van der Waals surface area contributed by atoms with Crippen molar-refractivity contribution in [2.24, 2.45) is 0 Å². The molecule has 0 aliphatic heterocycles. The minimum Gasteiger partial charge on any atom is -0.348 e. The van der Waals surface area contributed by atoms with Crippen molar-refractivity contribution in [1.82, 2.24) is 10.0 Å². The Labute approximate surface area is 139 Å². The number of sulfonamides is 1. The molecule has 1 saturated carbocycles. The number of benzene rings is 2. The highest BCUT2D eigenvalue weighted by atomic mass is 32.2. The molecule has 1 aliphatic carbocycles. The fourth-order valence-electron chi connectivity index (χ4n) is 2.16. The van der Waals surface area contributed by atoms with Crippen LogP contribution in [-0.2, 0) is 16.6 Å². The van der Waals surface area contributed by atoms with Crippen molar-refractivity contribution in [3.63, 3.8) is 0 Å². The van der Waals surface area contributed by atoms with Crippen LogP contribution in [-0.4, -0.2) is 20.4 Å². The SMILES string of the molecule is O=C(NCc1ccc(F)cc1)c1ccc(S(=O)(=O)NC2CC2)cc1. The lowest BCUT2D eigenvalue weighted by atomic mass is 10.2. The summed E-state index contributed by atoms with van der Waals surface area (Å²) in [5.74, 6) is -0.653. The Balaban J connectivity index is 1.62. The van der Waals surface area contributed by atoms with Crippen molar-refractivity contribution in [3.05, 3.63) is 65.5 Å². The molecule has 0 spiro atoms. The van der Waals surface area contributed by atoms with Crippen molar-refractivity contribution in [1.29, 1.82) is 0 Å². The molecule has 7 heteroatoms. The zero-order chi connectivity index (χ0) is 17.2. The third-order valence-electron chi connectivity index (χ3n) is 3.69. The van der Waals surface area contributed by atoms with Crippen molar-refractivity contribution >= 4 is 15.9 Å². The minimum absolute atomic E-state index is 0.0358. The van der Waals surface area contributed by atoms with Gasteiger partial charge in [0.15, 0.2) is 0 Å². The Kier molecular flexibility index (Phi) is 4.64. The molecule has 0 saturated heterocycles. The summed E-state index contributed by atoms with van der Waals surface area (Å²) in [4.78, 5) is 12.2. The Morgan fingerprint density at radius 1 is 1.04 bits per heavy atom. The predicted octanol–water partition coefficient (Wildman–Crippen LogP) is 2.20. The van der Waals surface area contributed by atoms with Crippen LogP contribution in [0.1, 0.15) is 28.8 Å². The summed E-state index contributed by atoms with van der Waals surface area (Å²) in [5.41, 5.74) is 1.14. The molecule has 2 N–H and O–H groups in total. The largest absolute Gasteiger partial charge is 0.348 e. The Bertz CT molecular complexity index is 829. The first-order chi connectivity index (χ1) is 11.4. The van der Waals surface area contributed by atoms with Crippen molar-refractivity contribution in [3.8, 4) is 0 Å². The Hall–Kier alpha value is -2.25. The number of rotatable bonds is 6. The lowest BCUT2D eigenvalue weighted by Gasteiger charge is -2.08. The second-order valence-corrected chi connectivity index (χ2v) is 7.44. The molecular formula is C17H17FN2O3S. The van der Waals surface area contributed by atoms with Gasteiger partial charge in [-0.15, -0.1) is 0 Å². The molecule has 1 amide bonds. The molecule has 2 aromatic carbocycles. The number of hydrogen-bond acceptors (Lipinski definition) is 3. The van der Waals surface area contributed by atoms with Crippen LogP contribution in [0.2, 0.25) is 0 Å². The van der Waals surface area contributed by atoms with Crippen LogP contribution < -0.4 is 10.0 Å². The van der Waals surface area contributed by atoms with Gasteiger partial charge in [0, 0.05) is 18.2 Å². The minimum atomic E-state index is -3.52. The standard InChI is InChI=1S/C17H17FN2O3S/c18-14-5-1-12(2-6-14)11-19-17(21)13-3-9-16(10-4-13)24(22,23)20-15-7-8-15/h1-6,9-10,15,20H,7-8,11H2,(H,19,21). The highest BCUT2D eigenvalue weighted by molar-refractivity contribution is 7.89. The van der Waals surface area contributed by atoms with Gasteiger partial charge in [0.1, 0.15) is 5.82 Å². The van der Waals surface area contributed by atoms with E-state index in [9.17, 15) is 17.6 Å². The van der Waals surface area contributed by atoms with Gasteiger partial charge in [0.05, 0.1) is 4.90 Å². The molecule has 0 atom stereocenters.